The summed E-state index contributed by atoms with van der Waals surface area (Å²) in [7, 11) is 2.17. The molecule has 7 heteroatoms. The number of piperazine rings is 1. The molecular weight excluding hydrogens is 448 g/mol. The third-order valence-corrected chi connectivity index (χ3v) is 7.34. The van der Waals surface area contributed by atoms with Crippen LogP contribution in [-0.2, 0) is 12.8 Å². The van der Waals surface area contributed by atoms with Crippen molar-refractivity contribution < 1.29 is 0 Å². The lowest BCUT2D eigenvalue weighted by molar-refractivity contribution is 0.313. The molecule has 1 N–H and O–H groups in total. The van der Waals surface area contributed by atoms with Gasteiger partial charge in [0.05, 0.1) is 0 Å². The Morgan fingerprint density at radius 2 is 1.67 bits per heavy atom. The van der Waals surface area contributed by atoms with E-state index in [9.17, 15) is 4.79 Å². The van der Waals surface area contributed by atoms with Gasteiger partial charge in [-0.2, -0.15) is 4.98 Å². The Labute approximate surface area is 212 Å². The Bertz CT molecular complexity index is 1410. The summed E-state index contributed by atoms with van der Waals surface area (Å²) in [6.45, 7) is 4.25. The maximum atomic E-state index is 13.0. The Morgan fingerprint density at radius 3 is 2.44 bits per heavy atom. The molecule has 1 atom stereocenters. The first-order valence-corrected chi connectivity index (χ1v) is 12.4. The highest BCUT2D eigenvalue weighted by atomic mass is 16.1. The molecule has 36 heavy (non-hydrogen) atoms. The summed E-state index contributed by atoms with van der Waals surface area (Å²) in [5.74, 6) is 0.500. The highest BCUT2D eigenvalue weighted by Gasteiger charge is 2.23. The average molecular weight is 483 g/mol. The maximum absolute atomic E-state index is 13.0. The van der Waals surface area contributed by atoms with Crippen molar-refractivity contribution >= 4 is 28.4 Å². The lowest BCUT2D eigenvalue weighted by Crippen LogP contribution is -2.44. The molecule has 3 heterocycles. The number of aromatic nitrogens is 3. The first-order valence-electron chi connectivity index (χ1n) is 12.4. The van der Waals surface area contributed by atoms with Gasteiger partial charge in [-0.25, -0.2) is 4.98 Å². The first-order chi connectivity index (χ1) is 17.1. The van der Waals surface area contributed by atoms with Gasteiger partial charge in [0.15, 0.2) is 0 Å². The number of fused-ring (bicyclic) bond motifs is 2. The monoisotopic (exact) mass is 482 g/mol. The van der Waals surface area contributed by atoms with Crippen molar-refractivity contribution in [1.29, 1.82) is 0 Å². The van der Waals surface area contributed by atoms with E-state index >= 15 is 0 Å². The molecule has 2 aromatic heterocycles. The minimum Gasteiger partial charge on any atom is -0.369 e. The Hall–Kier alpha value is -3.71. The molecule has 186 valence electrons. The van der Waals surface area contributed by atoms with Crippen molar-refractivity contribution in [3.8, 4) is 0 Å². The predicted octanol–water partition coefficient (Wildman–Crippen LogP) is 4.65. The zero-order valence-electron chi connectivity index (χ0n) is 20.0. The topological polar surface area (TPSA) is 66.3 Å². The highest BCUT2D eigenvalue weighted by molar-refractivity contribution is 5.76. The molecule has 1 aliphatic heterocycles. The first kappa shape index (κ1) is 24.0. The van der Waals surface area contributed by atoms with E-state index in [1.54, 1.807) is 12.3 Å². The van der Waals surface area contributed by atoms with Crippen LogP contribution in [0.1, 0.15) is 31.0 Å². The summed E-state index contributed by atoms with van der Waals surface area (Å²) < 4.78 is 1.87. The van der Waals surface area contributed by atoms with Crippen molar-refractivity contribution in [1.82, 2.24) is 19.4 Å². The van der Waals surface area contributed by atoms with Crippen molar-refractivity contribution in [3.63, 3.8) is 0 Å². The zero-order valence-corrected chi connectivity index (χ0v) is 20.0. The van der Waals surface area contributed by atoms with Crippen LogP contribution < -0.4 is 15.8 Å². The number of benzene rings is 2. The van der Waals surface area contributed by atoms with Gasteiger partial charge in [0.25, 0.3) is 5.56 Å². The Balaban J connectivity index is 0.00000267. The fourth-order valence-electron chi connectivity index (χ4n) is 5.30. The summed E-state index contributed by atoms with van der Waals surface area (Å²) in [5, 5.41) is 4.21. The SMILES string of the molecule is C.CN1CCN(c2ccc(Nc3ncc4ccc(=O)n(C5CCc6ccccc6C5)c4n3)cc2)CC1. The van der Waals surface area contributed by atoms with Crippen LogP contribution >= 0.6 is 0 Å². The minimum atomic E-state index is -0.0111. The van der Waals surface area contributed by atoms with Gasteiger partial charge in [-0.15, -0.1) is 0 Å². The summed E-state index contributed by atoms with van der Waals surface area (Å²) in [6, 6.07) is 20.5. The fraction of sp³-hybridized carbons (Fsp3) is 0.345. The van der Waals surface area contributed by atoms with E-state index in [1.807, 2.05) is 10.6 Å². The number of hydrogen-bond acceptors (Lipinski definition) is 6. The highest BCUT2D eigenvalue weighted by Crippen LogP contribution is 2.30. The van der Waals surface area contributed by atoms with Crippen molar-refractivity contribution in [3.05, 3.63) is 88.3 Å². The van der Waals surface area contributed by atoms with Crippen LogP contribution in [0.5, 0.6) is 0 Å². The molecule has 1 unspecified atom stereocenters. The molecule has 0 amide bonds. The molecule has 1 aliphatic carbocycles. The Kier molecular flexibility index (Phi) is 6.74. The number of aryl methyl sites for hydroxylation is 1. The van der Waals surface area contributed by atoms with Gasteiger partial charge in [-0.1, -0.05) is 31.7 Å². The summed E-state index contributed by atoms with van der Waals surface area (Å²) in [6.07, 6.45) is 4.54. The van der Waals surface area contributed by atoms with Gasteiger partial charge in [0, 0.05) is 61.2 Å². The van der Waals surface area contributed by atoms with Crippen LogP contribution in [0.3, 0.4) is 0 Å². The smallest absolute Gasteiger partial charge is 0.252 e. The number of anilines is 3. The quantitative estimate of drug-likeness (QED) is 0.457. The van der Waals surface area contributed by atoms with Gasteiger partial charge < -0.3 is 15.1 Å². The third-order valence-electron chi connectivity index (χ3n) is 7.34. The van der Waals surface area contributed by atoms with Gasteiger partial charge in [-0.3, -0.25) is 9.36 Å². The zero-order chi connectivity index (χ0) is 23.8. The van der Waals surface area contributed by atoms with E-state index in [-0.39, 0.29) is 19.0 Å². The molecule has 2 aromatic carbocycles. The predicted molar refractivity (Wildman–Crippen MR) is 147 cm³/mol. The lowest BCUT2D eigenvalue weighted by Gasteiger charge is -2.34. The molecule has 1 saturated heterocycles. The second-order valence-corrected chi connectivity index (χ2v) is 9.64. The molecule has 4 aromatic rings. The molecule has 0 radical (unpaired) electrons. The average Bonchev–Trinajstić information content (AvgIpc) is 2.89. The normalized spacial score (nSPS) is 17.9. The molecule has 7 nitrogen and oxygen atoms in total. The van der Waals surface area contributed by atoms with E-state index in [0.717, 1.165) is 56.5 Å². The summed E-state index contributed by atoms with van der Waals surface area (Å²) >= 11 is 0. The van der Waals surface area contributed by atoms with Crippen molar-refractivity contribution in [2.75, 3.05) is 43.4 Å². The van der Waals surface area contributed by atoms with Crippen LogP contribution in [0.2, 0.25) is 0 Å². The number of hydrogen-bond donors (Lipinski definition) is 1. The molecule has 1 fully saturated rings. The Morgan fingerprint density at radius 1 is 0.917 bits per heavy atom. The number of nitrogens with one attached hydrogen (secondary N) is 1. The summed E-state index contributed by atoms with van der Waals surface area (Å²) in [4.78, 5) is 27.1. The van der Waals surface area contributed by atoms with Crippen molar-refractivity contribution in [2.24, 2.45) is 0 Å². The van der Waals surface area contributed by atoms with E-state index in [1.165, 1.54) is 16.8 Å². The van der Waals surface area contributed by atoms with Crippen LogP contribution in [-0.4, -0.2) is 52.7 Å². The van der Waals surface area contributed by atoms with E-state index < -0.39 is 0 Å². The largest absolute Gasteiger partial charge is 0.369 e. The van der Waals surface area contributed by atoms with E-state index in [0.29, 0.717) is 11.6 Å². The van der Waals surface area contributed by atoms with Crippen LogP contribution in [0.25, 0.3) is 11.0 Å². The third kappa shape index (κ3) is 4.71. The number of rotatable bonds is 4. The van der Waals surface area contributed by atoms with Gasteiger partial charge in [0.1, 0.15) is 5.65 Å². The van der Waals surface area contributed by atoms with Crippen LogP contribution in [0.4, 0.5) is 17.3 Å². The lowest BCUT2D eigenvalue weighted by atomic mass is 9.88. The summed E-state index contributed by atoms with van der Waals surface area (Å²) in [5.41, 5.74) is 5.54. The molecule has 0 saturated carbocycles. The minimum absolute atomic E-state index is 0. The number of likely N-dealkylation sites (N-methyl/N-ethyl adjacent to an activating group) is 1. The van der Waals surface area contributed by atoms with E-state index in [4.69, 9.17) is 4.98 Å². The fourth-order valence-corrected chi connectivity index (χ4v) is 5.30. The maximum Gasteiger partial charge on any atom is 0.252 e. The van der Waals surface area contributed by atoms with Crippen LogP contribution in [0, 0.1) is 0 Å². The second-order valence-electron chi connectivity index (χ2n) is 9.64. The van der Waals surface area contributed by atoms with Gasteiger partial charge >= 0.3 is 0 Å². The van der Waals surface area contributed by atoms with Crippen LogP contribution in [0.15, 0.2) is 71.7 Å². The number of nitrogens with zero attached hydrogens (tertiary/aromatic N) is 5. The standard InChI is InChI=1S/C28H30N6O.CH4/c1-32-14-16-33(17-15-32)24-11-8-23(9-12-24)30-28-29-19-22-7-13-26(35)34(27(22)31-28)25-10-6-20-4-2-3-5-21(20)18-25;/h2-5,7-9,11-13,19,25H,6,10,14-18H2,1H3,(H,29,30,31);1H4. The van der Waals surface area contributed by atoms with Gasteiger partial charge in [0.2, 0.25) is 5.95 Å². The van der Waals surface area contributed by atoms with E-state index in [2.05, 4.69) is 75.7 Å². The number of pyridine rings is 1. The van der Waals surface area contributed by atoms with Gasteiger partial charge in [-0.05, 0) is 67.8 Å². The molecule has 6 rings (SSSR count). The second kappa shape index (κ2) is 10.1. The molecule has 2 aliphatic rings. The van der Waals surface area contributed by atoms with Crippen molar-refractivity contribution in [2.45, 2.75) is 32.7 Å². The molecule has 0 bridgehead atoms. The molecular formula is C29H34N6O. The molecule has 0 spiro atoms.